The van der Waals surface area contributed by atoms with Crippen molar-refractivity contribution in [1.82, 2.24) is 10.3 Å². The number of nitrogens with one attached hydrogen (secondary N) is 1. The minimum atomic E-state index is -0.182. The number of benzene rings is 1. The molecule has 0 radical (unpaired) electrons. The molecule has 2 heterocycles. The number of carbonyl (C=O) groups is 1. The van der Waals surface area contributed by atoms with Crippen molar-refractivity contribution in [3.63, 3.8) is 0 Å². The number of furan rings is 1. The third kappa shape index (κ3) is 3.82. The number of carbonyl (C=O) groups excluding carboxylic acids is 1. The summed E-state index contributed by atoms with van der Waals surface area (Å²) in [7, 11) is 0. The van der Waals surface area contributed by atoms with Crippen molar-refractivity contribution in [3.8, 4) is 0 Å². The number of amides is 1. The fourth-order valence-electron chi connectivity index (χ4n) is 2.18. The molecule has 2 aromatic heterocycles. The average molecular weight is 344 g/mol. The lowest BCUT2D eigenvalue weighted by Crippen LogP contribution is -2.31. The van der Waals surface area contributed by atoms with Gasteiger partial charge in [0, 0.05) is 6.04 Å². The molecule has 0 aliphatic heterocycles. The van der Waals surface area contributed by atoms with E-state index in [0.717, 1.165) is 23.1 Å². The van der Waals surface area contributed by atoms with Crippen molar-refractivity contribution < 1.29 is 13.6 Å². The van der Waals surface area contributed by atoms with Crippen LogP contribution in [0.3, 0.4) is 0 Å². The van der Waals surface area contributed by atoms with Gasteiger partial charge in [-0.05, 0) is 50.1 Å². The van der Waals surface area contributed by atoms with Crippen LogP contribution in [0, 0.1) is 6.92 Å². The molecule has 5 nitrogen and oxygen atoms in total. The van der Waals surface area contributed by atoms with Crippen LogP contribution >= 0.6 is 11.8 Å². The molecule has 3 rings (SSSR count). The summed E-state index contributed by atoms with van der Waals surface area (Å²) in [4.78, 5) is 16.4. The minimum absolute atomic E-state index is 0.128. The maximum atomic E-state index is 12.0. The van der Waals surface area contributed by atoms with Crippen LogP contribution in [0.2, 0.25) is 0 Å². The smallest absolute Gasteiger partial charge is 0.287 e. The van der Waals surface area contributed by atoms with Crippen molar-refractivity contribution in [1.29, 1.82) is 0 Å². The first kappa shape index (κ1) is 16.6. The highest BCUT2D eigenvalue weighted by Gasteiger charge is 2.14. The summed E-state index contributed by atoms with van der Waals surface area (Å²) in [5, 5.41) is 3.48. The van der Waals surface area contributed by atoms with Crippen LogP contribution < -0.4 is 5.32 Å². The van der Waals surface area contributed by atoms with Gasteiger partial charge in [0.15, 0.2) is 11.3 Å². The molecular weight excluding hydrogens is 324 g/mol. The Morgan fingerprint density at radius 2 is 2.12 bits per heavy atom. The average Bonchev–Trinajstić information content (AvgIpc) is 3.18. The van der Waals surface area contributed by atoms with E-state index in [1.807, 2.05) is 45.0 Å². The molecule has 1 aromatic carbocycles. The van der Waals surface area contributed by atoms with Crippen LogP contribution in [0.25, 0.3) is 11.1 Å². The van der Waals surface area contributed by atoms with Gasteiger partial charge in [-0.3, -0.25) is 4.79 Å². The summed E-state index contributed by atoms with van der Waals surface area (Å²) >= 11 is 1.45. The number of aromatic nitrogens is 1. The van der Waals surface area contributed by atoms with E-state index in [2.05, 4.69) is 10.3 Å². The summed E-state index contributed by atoms with van der Waals surface area (Å²) in [6, 6.07) is 9.56. The first-order valence-electron chi connectivity index (χ1n) is 7.94. The second-order valence-corrected chi connectivity index (χ2v) is 6.71. The van der Waals surface area contributed by atoms with Gasteiger partial charge in [-0.2, -0.15) is 0 Å². The number of fused-ring (bicyclic) bond motifs is 1. The van der Waals surface area contributed by atoms with Crippen molar-refractivity contribution in [2.45, 2.75) is 44.2 Å². The lowest BCUT2D eigenvalue weighted by atomic mass is 10.2. The van der Waals surface area contributed by atoms with Crippen molar-refractivity contribution in [2.24, 2.45) is 0 Å². The van der Waals surface area contributed by atoms with Gasteiger partial charge in [-0.1, -0.05) is 24.8 Å². The molecule has 0 fully saturated rings. The molecule has 0 unspecified atom stereocenters. The molecule has 0 saturated carbocycles. The lowest BCUT2D eigenvalue weighted by Gasteiger charge is -2.09. The number of hydrogen-bond donors (Lipinski definition) is 1. The van der Waals surface area contributed by atoms with Crippen molar-refractivity contribution in [2.75, 3.05) is 0 Å². The SMILES string of the molecule is CC[C@@H](C)NC(=O)c1ccc(CSc2nc3ccc(C)cc3o2)o1. The molecule has 24 heavy (non-hydrogen) atoms. The monoisotopic (exact) mass is 344 g/mol. The van der Waals surface area contributed by atoms with Gasteiger partial charge in [0.1, 0.15) is 11.3 Å². The van der Waals surface area contributed by atoms with Crippen LogP contribution in [0.1, 0.15) is 42.1 Å². The van der Waals surface area contributed by atoms with E-state index in [0.29, 0.717) is 22.5 Å². The molecule has 0 saturated heterocycles. The number of hydrogen-bond acceptors (Lipinski definition) is 5. The van der Waals surface area contributed by atoms with Gasteiger partial charge >= 0.3 is 0 Å². The zero-order chi connectivity index (χ0) is 17.1. The number of oxazole rings is 1. The molecule has 126 valence electrons. The Balaban J connectivity index is 1.63. The van der Waals surface area contributed by atoms with Crippen molar-refractivity contribution >= 4 is 28.8 Å². The zero-order valence-corrected chi connectivity index (χ0v) is 14.8. The van der Waals surface area contributed by atoms with E-state index in [1.165, 1.54) is 11.8 Å². The highest BCUT2D eigenvalue weighted by Crippen LogP contribution is 2.27. The van der Waals surface area contributed by atoms with Crippen molar-refractivity contribution in [3.05, 3.63) is 47.4 Å². The summed E-state index contributed by atoms with van der Waals surface area (Å²) in [5.41, 5.74) is 2.76. The first-order valence-corrected chi connectivity index (χ1v) is 8.93. The van der Waals surface area contributed by atoms with Crippen LogP contribution in [-0.2, 0) is 5.75 Å². The highest BCUT2D eigenvalue weighted by molar-refractivity contribution is 7.98. The predicted octanol–water partition coefficient (Wildman–Crippen LogP) is 4.55. The molecule has 6 heteroatoms. The fraction of sp³-hybridized carbons (Fsp3) is 0.333. The molecule has 3 aromatic rings. The lowest BCUT2D eigenvalue weighted by molar-refractivity contribution is 0.0910. The van der Waals surface area contributed by atoms with Gasteiger partial charge in [0.2, 0.25) is 0 Å². The van der Waals surface area contributed by atoms with Crippen LogP contribution in [-0.4, -0.2) is 16.9 Å². The molecule has 0 bridgehead atoms. The molecule has 1 amide bonds. The maximum Gasteiger partial charge on any atom is 0.287 e. The normalized spacial score (nSPS) is 12.5. The topological polar surface area (TPSA) is 68.3 Å². The largest absolute Gasteiger partial charge is 0.455 e. The summed E-state index contributed by atoms with van der Waals surface area (Å²) in [6.45, 7) is 6.01. The van der Waals surface area contributed by atoms with Gasteiger partial charge < -0.3 is 14.2 Å². The van der Waals surface area contributed by atoms with Crippen LogP contribution in [0.15, 0.2) is 44.4 Å². The Hall–Kier alpha value is -2.21. The molecule has 0 aliphatic rings. The van der Waals surface area contributed by atoms with E-state index < -0.39 is 0 Å². The quantitative estimate of drug-likeness (QED) is 0.664. The predicted molar refractivity (Wildman–Crippen MR) is 94.2 cm³/mol. The summed E-state index contributed by atoms with van der Waals surface area (Å²) in [6.07, 6.45) is 0.881. The zero-order valence-electron chi connectivity index (χ0n) is 14.0. The first-order chi connectivity index (χ1) is 11.5. The Kier molecular flexibility index (Phi) is 4.94. The van der Waals surface area contributed by atoms with E-state index in [1.54, 1.807) is 6.07 Å². The van der Waals surface area contributed by atoms with Gasteiger partial charge in [-0.25, -0.2) is 4.98 Å². The summed E-state index contributed by atoms with van der Waals surface area (Å²) in [5.74, 6) is 1.42. The highest BCUT2D eigenvalue weighted by atomic mass is 32.2. The van der Waals surface area contributed by atoms with E-state index in [9.17, 15) is 4.79 Å². The molecule has 1 N–H and O–H groups in total. The minimum Gasteiger partial charge on any atom is -0.455 e. The van der Waals surface area contributed by atoms with Gasteiger partial charge in [0.25, 0.3) is 11.1 Å². The molecule has 0 aliphatic carbocycles. The third-order valence-electron chi connectivity index (χ3n) is 3.74. The number of rotatable bonds is 6. The van der Waals surface area contributed by atoms with E-state index >= 15 is 0 Å². The number of thioether (sulfide) groups is 1. The second kappa shape index (κ2) is 7.13. The molecule has 1 atom stereocenters. The summed E-state index contributed by atoms with van der Waals surface area (Å²) < 4.78 is 11.3. The third-order valence-corrected chi connectivity index (χ3v) is 4.59. The number of aryl methyl sites for hydroxylation is 1. The van der Waals surface area contributed by atoms with Gasteiger partial charge in [-0.15, -0.1) is 0 Å². The van der Waals surface area contributed by atoms with Crippen LogP contribution in [0.4, 0.5) is 0 Å². The van der Waals surface area contributed by atoms with Crippen LogP contribution in [0.5, 0.6) is 0 Å². The Morgan fingerprint density at radius 3 is 2.92 bits per heavy atom. The Labute approximate surface area is 144 Å². The fourth-order valence-corrected chi connectivity index (χ4v) is 2.91. The standard InChI is InChI=1S/C18H20N2O3S/c1-4-12(3)19-17(21)15-8-6-13(22-15)10-24-18-20-14-7-5-11(2)9-16(14)23-18/h5-9,12H,4,10H2,1-3H3,(H,19,21)/t12-/m1/s1. The maximum absolute atomic E-state index is 12.0. The Bertz CT molecular complexity index is 853. The van der Waals surface area contributed by atoms with Gasteiger partial charge in [0.05, 0.1) is 5.75 Å². The van der Waals surface area contributed by atoms with E-state index in [4.69, 9.17) is 8.83 Å². The Morgan fingerprint density at radius 1 is 1.29 bits per heavy atom. The molecular formula is C18H20N2O3S. The second-order valence-electron chi connectivity index (χ2n) is 5.79. The molecule has 0 spiro atoms. The number of nitrogens with zero attached hydrogens (tertiary/aromatic N) is 1. The van der Waals surface area contributed by atoms with E-state index in [-0.39, 0.29) is 11.9 Å².